The van der Waals surface area contributed by atoms with E-state index in [1.54, 1.807) is 0 Å². The second kappa shape index (κ2) is 3.30. The van der Waals surface area contributed by atoms with Gasteiger partial charge in [0.25, 0.3) is 0 Å². The molecule has 0 aliphatic rings. The molecular formula is H3F4GaPb. The van der Waals surface area contributed by atoms with Crippen LogP contribution in [0, 0.1) is 0 Å². The zero-order valence-corrected chi connectivity index (χ0v) is 5.90. The zero-order chi connectivity index (χ0) is 4.50. The van der Waals surface area contributed by atoms with Gasteiger partial charge in [-0.3, -0.25) is 0 Å². The molecule has 0 heterocycles. The molecule has 0 saturated heterocycles. The van der Waals surface area contributed by atoms with Crippen molar-refractivity contribution in [1.82, 2.24) is 0 Å². The van der Waals surface area contributed by atoms with E-state index in [4.69, 9.17) is 0 Å². The summed E-state index contributed by atoms with van der Waals surface area (Å²) >= 11 is -7.28. The molecule has 0 amide bonds. The predicted molar refractivity (Wildman–Crippen MR) is 20.1 cm³/mol. The van der Waals surface area contributed by atoms with Crippen molar-refractivity contribution in [3.05, 3.63) is 0 Å². The van der Waals surface area contributed by atoms with Crippen LogP contribution in [0.4, 0.5) is 10.0 Å². The summed E-state index contributed by atoms with van der Waals surface area (Å²) < 4.78 is 39.6. The molecule has 38 valence electrons. The van der Waals surface area contributed by atoms with Gasteiger partial charge in [-0.05, 0) is 0 Å². The van der Waals surface area contributed by atoms with E-state index in [2.05, 4.69) is 0 Å². The molecule has 0 fully saturated rings. The van der Waals surface area contributed by atoms with Crippen LogP contribution >= 0.6 is 0 Å². The Morgan fingerprint density at radius 2 is 0.833 bits per heavy atom. The number of hydrogen-bond acceptors (Lipinski definition) is 0. The van der Waals surface area contributed by atoms with Crippen molar-refractivity contribution in [2.24, 2.45) is 0 Å². The van der Waals surface area contributed by atoms with Gasteiger partial charge in [0.05, 0.1) is 0 Å². The topological polar surface area (TPSA) is 0 Å². The first-order valence-electron chi connectivity index (χ1n) is 0.756. The fourth-order valence-corrected chi connectivity index (χ4v) is 0. The summed E-state index contributed by atoms with van der Waals surface area (Å²) in [6.45, 7) is 0. The van der Waals surface area contributed by atoms with Crippen molar-refractivity contribution in [1.29, 1.82) is 0 Å². The van der Waals surface area contributed by atoms with Gasteiger partial charge in [0.2, 0.25) is 0 Å². The van der Waals surface area contributed by atoms with E-state index < -0.39 is 23.7 Å². The van der Waals surface area contributed by atoms with Crippen molar-refractivity contribution < 1.29 is 10.0 Å². The Kier molecular flexibility index (Phi) is 5.67. The number of halogens is 4. The molecule has 0 radical (unpaired) electrons. The van der Waals surface area contributed by atoms with Gasteiger partial charge in [-0.2, -0.15) is 0 Å². The van der Waals surface area contributed by atoms with E-state index in [-0.39, 0.29) is 19.8 Å². The summed E-state index contributed by atoms with van der Waals surface area (Å²) in [5.74, 6) is 0. The molecule has 0 rings (SSSR count). The van der Waals surface area contributed by atoms with Crippen molar-refractivity contribution in [2.75, 3.05) is 0 Å². The van der Waals surface area contributed by atoms with Crippen molar-refractivity contribution in [3.63, 3.8) is 0 Å². The molecule has 0 aliphatic heterocycles. The second-order valence-electron chi connectivity index (χ2n) is 0.429. The number of hydrogen-bond donors (Lipinski definition) is 0. The molecule has 0 aromatic carbocycles. The minimum absolute atomic E-state index is 0. The molecular weight excluding hydrogens is 353 g/mol. The predicted octanol–water partition coefficient (Wildman–Crippen LogP) is 0.116. The van der Waals surface area contributed by atoms with E-state index in [1.165, 1.54) is 0 Å². The minimum atomic E-state index is -7.28. The average Bonchev–Trinajstić information content (AvgIpc) is 0.722. The molecule has 0 aliphatic carbocycles. The van der Waals surface area contributed by atoms with E-state index in [1.807, 2.05) is 0 Å². The molecule has 0 aromatic rings. The van der Waals surface area contributed by atoms with Crippen LogP contribution in [0.1, 0.15) is 0 Å². The van der Waals surface area contributed by atoms with Gasteiger partial charge >= 0.3 is 53.5 Å². The Bertz CT molecular complexity index is 23.0. The van der Waals surface area contributed by atoms with Gasteiger partial charge in [0, 0.05) is 0 Å². The van der Waals surface area contributed by atoms with E-state index in [0.29, 0.717) is 0 Å². The molecule has 0 aromatic heterocycles. The summed E-state index contributed by atoms with van der Waals surface area (Å²) in [5, 5.41) is 0. The normalized spacial score (nSPS) is 10.0. The fraction of sp³-hybridized carbons (Fsp3) is 0. The Morgan fingerprint density at radius 1 is 0.833 bits per heavy atom. The standard InChI is InChI=1S/4FH.Ga.Pb.3H/h4*1H;;;;;/q;;;;;+4;;;/p-4. The monoisotopic (exact) mass is 356 g/mol. The molecule has 0 unspecified atom stereocenters. The quantitative estimate of drug-likeness (QED) is 0.427. The summed E-state index contributed by atoms with van der Waals surface area (Å²) in [5.41, 5.74) is 0. The van der Waals surface area contributed by atoms with E-state index >= 15 is 0 Å². The molecule has 0 bridgehead atoms. The second-order valence-corrected chi connectivity index (χ2v) is 3.76. The maximum absolute atomic E-state index is 9.91. The van der Waals surface area contributed by atoms with Crippen LogP contribution in [0.5, 0.6) is 0 Å². The van der Waals surface area contributed by atoms with Crippen LogP contribution in [0.3, 0.4) is 0 Å². The first-order chi connectivity index (χ1) is 2.00. The van der Waals surface area contributed by atoms with Crippen molar-refractivity contribution >= 4 is 43.5 Å². The summed E-state index contributed by atoms with van der Waals surface area (Å²) in [7, 11) is 0. The molecule has 6 heteroatoms. The summed E-state index contributed by atoms with van der Waals surface area (Å²) in [6, 6.07) is 0. The third kappa shape index (κ3) is 59.1. The summed E-state index contributed by atoms with van der Waals surface area (Å²) in [4.78, 5) is 0. The van der Waals surface area contributed by atoms with Gasteiger partial charge in [-0.15, -0.1) is 0 Å². The molecule has 0 nitrogen and oxygen atoms in total. The molecule has 0 saturated carbocycles. The molecule has 0 atom stereocenters. The Hall–Kier alpha value is 1.28. The molecule has 6 heavy (non-hydrogen) atoms. The summed E-state index contributed by atoms with van der Waals surface area (Å²) in [6.07, 6.45) is 0. The Morgan fingerprint density at radius 3 is 0.833 bits per heavy atom. The third-order valence-corrected chi connectivity index (χ3v) is 0. The van der Waals surface area contributed by atoms with Gasteiger partial charge in [-0.25, -0.2) is 0 Å². The van der Waals surface area contributed by atoms with Gasteiger partial charge in [0.1, 0.15) is 0 Å². The van der Waals surface area contributed by atoms with Crippen LogP contribution in [0.15, 0.2) is 0 Å². The van der Waals surface area contributed by atoms with Crippen LogP contribution in [0.2, 0.25) is 0 Å². The van der Waals surface area contributed by atoms with Crippen LogP contribution in [-0.2, 0) is 0 Å². The van der Waals surface area contributed by atoms with Gasteiger partial charge < -0.3 is 0 Å². The van der Waals surface area contributed by atoms with Crippen molar-refractivity contribution in [3.8, 4) is 0 Å². The molecule has 0 spiro atoms. The average molecular weight is 356 g/mol. The Labute approximate surface area is 53.3 Å². The number of rotatable bonds is 0. The van der Waals surface area contributed by atoms with Crippen molar-refractivity contribution in [2.45, 2.75) is 0 Å². The van der Waals surface area contributed by atoms with E-state index in [0.717, 1.165) is 0 Å². The SMILES string of the molecule is [F][Pb]([F])([F])[F].[GaH3]. The third-order valence-electron chi connectivity index (χ3n) is 0. The van der Waals surface area contributed by atoms with Crippen LogP contribution in [-0.4, -0.2) is 43.5 Å². The van der Waals surface area contributed by atoms with E-state index in [9.17, 15) is 10.0 Å². The first kappa shape index (κ1) is 10.3. The van der Waals surface area contributed by atoms with Crippen LogP contribution in [0.25, 0.3) is 0 Å². The zero-order valence-electron chi connectivity index (χ0n) is 2.01. The van der Waals surface area contributed by atoms with Gasteiger partial charge in [0.15, 0.2) is 0 Å². The first-order valence-corrected chi connectivity index (χ1v) is 6.63. The Balaban J connectivity index is 0. The fourth-order valence-electron chi connectivity index (χ4n) is 0. The van der Waals surface area contributed by atoms with Gasteiger partial charge in [-0.1, -0.05) is 0 Å². The maximum atomic E-state index is 9.91. The molecule has 0 N–H and O–H groups in total. The van der Waals surface area contributed by atoms with Crippen LogP contribution < -0.4 is 0 Å².